The van der Waals surface area contributed by atoms with E-state index in [-0.39, 0.29) is 17.7 Å². The molecular weight excluding hydrogens is 248 g/mol. The predicted molar refractivity (Wildman–Crippen MR) is 68.2 cm³/mol. The van der Waals surface area contributed by atoms with Crippen LogP contribution in [0.2, 0.25) is 0 Å². The molecule has 0 radical (unpaired) electrons. The van der Waals surface area contributed by atoms with E-state index in [2.05, 4.69) is 16.0 Å². The van der Waals surface area contributed by atoms with Gasteiger partial charge in [0.2, 0.25) is 17.7 Å². The van der Waals surface area contributed by atoms with E-state index in [4.69, 9.17) is 0 Å². The van der Waals surface area contributed by atoms with Gasteiger partial charge in [-0.15, -0.1) is 0 Å². The molecule has 2 atom stereocenters. The second kappa shape index (κ2) is 6.01. The van der Waals surface area contributed by atoms with Gasteiger partial charge in [0.25, 0.3) is 0 Å². The van der Waals surface area contributed by atoms with Gasteiger partial charge < -0.3 is 20.9 Å². The van der Waals surface area contributed by atoms with Crippen LogP contribution >= 0.6 is 0 Å². The molecule has 0 aromatic rings. The standard InChI is InChI=1S/C12H20N4O3/c1-8(17)16-6-5-13-10(7-16)12(19)15-9-3-2-4-14-11(9)18/h9-10,13H,2-7H2,1H3,(H,14,18)(H,15,19)/t9-,10-/m0/s1. The van der Waals surface area contributed by atoms with Crippen LogP contribution in [-0.2, 0) is 14.4 Å². The molecule has 2 fully saturated rings. The molecule has 2 saturated heterocycles. The van der Waals surface area contributed by atoms with Crippen molar-refractivity contribution in [3.63, 3.8) is 0 Å². The molecule has 106 valence electrons. The van der Waals surface area contributed by atoms with Crippen LogP contribution in [0, 0.1) is 0 Å². The summed E-state index contributed by atoms with van der Waals surface area (Å²) in [6.45, 7) is 3.73. The molecule has 2 aliphatic rings. The largest absolute Gasteiger partial charge is 0.354 e. The van der Waals surface area contributed by atoms with Crippen molar-refractivity contribution in [3.8, 4) is 0 Å². The highest BCUT2D eigenvalue weighted by molar-refractivity contribution is 5.90. The smallest absolute Gasteiger partial charge is 0.242 e. The van der Waals surface area contributed by atoms with Crippen LogP contribution in [0.5, 0.6) is 0 Å². The van der Waals surface area contributed by atoms with Crippen LogP contribution < -0.4 is 16.0 Å². The predicted octanol–water partition coefficient (Wildman–Crippen LogP) is -1.80. The molecule has 7 heteroatoms. The summed E-state index contributed by atoms with van der Waals surface area (Å²) in [6.07, 6.45) is 1.54. The first-order chi connectivity index (χ1) is 9.08. The zero-order chi connectivity index (χ0) is 13.8. The minimum Gasteiger partial charge on any atom is -0.354 e. The van der Waals surface area contributed by atoms with Crippen molar-refractivity contribution < 1.29 is 14.4 Å². The van der Waals surface area contributed by atoms with E-state index in [9.17, 15) is 14.4 Å². The molecule has 0 aromatic heterocycles. The number of piperidine rings is 1. The molecule has 19 heavy (non-hydrogen) atoms. The Bertz CT molecular complexity index is 385. The molecule has 0 bridgehead atoms. The number of carbonyl (C=O) groups is 3. The molecule has 2 heterocycles. The maximum Gasteiger partial charge on any atom is 0.242 e. The van der Waals surface area contributed by atoms with Crippen LogP contribution in [0.15, 0.2) is 0 Å². The Morgan fingerprint density at radius 1 is 1.37 bits per heavy atom. The van der Waals surface area contributed by atoms with Gasteiger partial charge in [0.15, 0.2) is 0 Å². The first-order valence-corrected chi connectivity index (χ1v) is 6.65. The Kier molecular flexibility index (Phi) is 4.36. The van der Waals surface area contributed by atoms with E-state index >= 15 is 0 Å². The van der Waals surface area contributed by atoms with Gasteiger partial charge >= 0.3 is 0 Å². The van der Waals surface area contributed by atoms with Gasteiger partial charge in [0, 0.05) is 33.1 Å². The van der Waals surface area contributed by atoms with Crippen molar-refractivity contribution in [2.24, 2.45) is 0 Å². The summed E-state index contributed by atoms with van der Waals surface area (Å²) < 4.78 is 0. The highest BCUT2D eigenvalue weighted by Crippen LogP contribution is 2.05. The van der Waals surface area contributed by atoms with Crippen LogP contribution in [0.1, 0.15) is 19.8 Å². The number of hydrogen-bond acceptors (Lipinski definition) is 4. The Morgan fingerprint density at radius 3 is 2.84 bits per heavy atom. The average molecular weight is 268 g/mol. The first-order valence-electron chi connectivity index (χ1n) is 6.65. The highest BCUT2D eigenvalue weighted by Gasteiger charge is 2.30. The second-order valence-corrected chi connectivity index (χ2v) is 4.97. The lowest BCUT2D eigenvalue weighted by Crippen LogP contribution is -2.61. The third-order valence-electron chi connectivity index (χ3n) is 3.54. The topological polar surface area (TPSA) is 90.5 Å². The molecule has 3 N–H and O–H groups in total. The maximum atomic E-state index is 12.1. The average Bonchev–Trinajstić information content (AvgIpc) is 2.41. The van der Waals surface area contributed by atoms with E-state index in [1.807, 2.05) is 0 Å². The normalized spacial score (nSPS) is 27.6. The number of amides is 3. The number of hydrogen-bond donors (Lipinski definition) is 3. The summed E-state index contributed by atoms with van der Waals surface area (Å²) in [5.74, 6) is -0.374. The zero-order valence-electron chi connectivity index (χ0n) is 11.1. The Morgan fingerprint density at radius 2 is 2.16 bits per heavy atom. The molecule has 2 rings (SSSR count). The molecule has 0 spiro atoms. The highest BCUT2D eigenvalue weighted by atomic mass is 16.2. The van der Waals surface area contributed by atoms with Crippen molar-refractivity contribution in [2.45, 2.75) is 31.8 Å². The summed E-state index contributed by atoms with van der Waals surface area (Å²) in [5.41, 5.74) is 0. The Balaban J connectivity index is 1.88. The van der Waals surface area contributed by atoms with Gasteiger partial charge in [0.05, 0.1) is 0 Å². The van der Waals surface area contributed by atoms with E-state index in [1.54, 1.807) is 4.90 Å². The monoisotopic (exact) mass is 268 g/mol. The zero-order valence-corrected chi connectivity index (χ0v) is 11.1. The molecular formula is C12H20N4O3. The lowest BCUT2D eigenvalue weighted by molar-refractivity contribution is -0.134. The molecule has 3 amide bonds. The SMILES string of the molecule is CC(=O)N1CCN[C@H](C(=O)N[C@H]2CCCNC2=O)C1. The van der Waals surface area contributed by atoms with Gasteiger partial charge in [-0.25, -0.2) is 0 Å². The summed E-state index contributed by atoms with van der Waals surface area (Å²) in [7, 11) is 0. The summed E-state index contributed by atoms with van der Waals surface area (Å²) >= 11 is 0. The lowest BCUT2D eigenvalue weighted by Gasteiger charge is -2.33. The molecule has 0 aromatic carbocycles. The Hall–Kier alpha value is -1.63. The lowest BCUT2D eigenvalue weighted by atomic mass is 10.1. The first kappa shape index (κ1) is 13.8. The van der Waals surface area contributed by atoms with Crippen molar-refractivity contribution >= 4 is 17.7 Å². The van der Waals surface area contributed by atoms with Gasteiger partial charge in [-0.05, 0) is 12.8 Å². The number of nitrogens with zero attached hydrogens (tertiary/aromatic N) is 1. The summed E-state index contributed by atoms with van der Waals surface area (Å²) in [5, 5.41) is 8.55. The van der Waals surface area contributed by atoms with Gasteiger partial charge in [-0.2, -0.15) is 0 Å². The molecule has 0 saturated carbocycles. The molecule has 2 aliphatic heterocycles. The van der Waals surface area contributed by atoms with Crippen molar-refractivity contribution in [1.82, 2.24) is 20.9 Å². The molecule has 7 nitrogen and oxygen atoms in total. The third kappa shape index (κ3) is 3.44. The quantitative estimate of drug-likeness (QED) is 0.551. The van der Waals surface area contributed by atoms with E-state index in [0.717, 1.165) is 6.42 Å². The van der Waals surface area contributed by atoms with Crippen LogP contribution in [0.25, 0.3) is 0 Å². The van der Waals surface area contributed by atoms with Crippen molar-refractivity contribution in [2.75, 3.05) is 26.2 Å². The van der Waals surface area contributed by atoms with E-state index < -0.39 is 12.1 Å². The number of nitrogens with one attached hydrogen (secondary N) is 3. The van der Waals surface area contributed by atoms with E-state index in [1.165, 1.54) is 6.92 Å². The minimum atomic E-state index is -0.448. The molecule has 0 aliphatic carbocycles. The van der Waals surface area contributed by atoms with E-state index in [0.29, 0.717) is 32.6 Å². The summed E-state index contributed by atoms with van der Waals surface area (Å²) in [6, 6.07) is -0.886. The van der Waals surface area contributed by atoms with Crippen LogP contribution in [-0.4, -0.2) is 60.9 Å². The fraction of sp³-hybridized carbons (Fsp3) is 0.750. The van der Waals surface area contributed by atoms with Gasteiger partial charge in [-0.3, -0.25) is 14.4 Å². The van der Waals surface area contributed by atoms with Crippen LogP contribution in [0.4, 0.5) is 0 Å². The number of carbonyl (C=O) groups excluding carboxylic acids is 3. The number of rotatable bonds is 2. The third-order valence-corrected chi connectivity index (χ3v) is 3.54. The van der Waals surface area contributed by atoms with Gasteiger partial charge in [-0.1, -0.05) is 0 Å². The van der Waals surface area contributed by atoms with Crippen LogP contribution in [0.3, 0.4) is 0 Å². The fourth-order valence-electron chi connectivity index (χ4n) is 2.39. The Labute approximate surface area is 112 Å². The van der Waals surface area contributed by atoms with Gasteiger partial charge in [0.1, 0.15) is 12.1 Å². The second-order valence-electron chi connectivity index (χ2n) is 4.97. The summed E-state index contributed by atoms with van der Waals surface area (Å²) in [4.78, 5) is 36.6. The molecule has 0 unspecified atom stereocenters. The fourth-order valence-corrected chi connectivity index (χ4v) is 2.39. The van der Waals surface area contributed by atoms with Crippen molar-refractivity contribution in [3.05, 3.63) is 0 Å². The minimum absolute atomic E-state index is 0.0327. The number of piperazine rings is 1. The maximum absolute atomic E-state index is 12.1. The van der Waals surface area contributed by atoms with Crippen molar-refractivity contribution in [1.29, 1.82) is 0 Å².